The maximum Gasteiger partial charge on any atom is 0.237 e. The lowest BCUT2D eigenvalue weighted by Gasteiger charge is -2.19. The molecule has 0 atom stereocenters. The van der Waals surface area contributed by atoms with E-state index < -0.39 is 0 Å². The van der Waals surface area contributed by atoms with E-state index in [1.165, 1.54) is 0 Å². The van der Waals surface area contributed by atoms with Gasteiger partial charge in [-0.2, -0.15) is 0 Å². The molecule has 0 spiro atoms. The number of ether oxygens (including phenoxy) is 1. The van der Waals surface area contributed by atoms with Crippen LogP contribution in [-0.4, -0.2) is 17.1 Å². The Balaban J connectivity index is 2.77. The molecule has 1 aromatic heterocycles. The van der Waals surface area contributed by atoms with Crippen LogP contribution in [0.3, 0.4) is 0 Å². The highest BCUT2D eigenvalue weighted by molar-refractivity contribution is 5.52. The first-order valence-electron chi connectivity index (χ1n) is 6.05. The van der Waals surface area contributed by atoms with Crippen molar-refractivity contribution < 1.29 is 4.74 Å². The van der Waals surface area contributed by atoms with Crippen molar-refractivity contribution in [2.24, 2.45) is 0 Å². The molecule has 0 aliphatic carbocycles. The van der Waals surface area contributed by atoms with Crippen molar-refractivity contribution in [1.29, 1.82) is 0 Å². The number of nitrogens with zero attached hydrogens (tertiary/aromatic N) is 1. The summed E-state index contributed by atoms with van der Waals surface area (Å²) < 4.78 is 5.66. The fourth-order valence-corrected chi connectivity index (χ4v) is 1.53. The average molecular weight is 222 g/mol. The molecule has 0 bridgehead atoms. The molecular formula is C13H22N2O. The fourth-order valence-electron chi connectivity index (χ4n) is 1.53. The third-order valence-corrected chi connectivity index (χ3v) is 2.46. The van der Waals surface area contributed by atoms with Crippen LogP contribution in [0.1, 0.15) is 40.5 Å². The SMILES string of the molecule is CCC(CC)Nc1cccnc1OC(C)C. The lowest BCUT2D eigenvalue weighted by molar-refractivity contribution is 0.234. The predicted molar refractivity (Wildman–Crippen MR) is 68.0 cm³/mol. The highest BCUT2D eigenvalue weighted by atomic mass is 16.5. The van der Waals surface area contributed by atoms with Gasteiger partial charge >= 0.3 is 0 Å². The highest BCUT2D eigenvalue weighted by Crippen LogP contribution is 2.23. The van der Waals surface area contributed by atoms with Crippen LogP contribution in [0.15, 0.2) is 18.3 Å². The minimum atomic E-state index is 0.150. The Morgan fingerprint density at radius 3 is 2.56 bits per heavy atom. The van der Waals surface area contributed by atoms with Crippen LogP contribution in [0.4, 0.5) is 5.69 Å². The summed E-state index contributed by atoms with van der Waals surface area (Å²) in [6.07, 6.45) is 4.12. The van der Waals surface area contributed by atoms with Crippen LogP contribution in [0.2, 0.25) is 0 Å². The molecule has 1 heterocycles. The Labute approximate surface area is 98.2 Å². The summed E-state index contributed by atoms with van der Waals surface area (Å²) in [7, 11) is 0. The second-order valence-electron chi connectivity index (χ2n) is 4.18. The van der Waals surface area contributed by atoms with Gasteiger partial charge in [-0.1, -0.05) is 13.8 Å². The van der Waals surface area contributed by atoms with E-state index in [0.717, 1.165) is 18.5 Å². The quantitative estimate of drug-likeness (QED) is 0.800. The molecule has 16 heavy (non-hydrogen) atoms. The van der Waals surface area contributed by atoms with Crippen molar-refractivity contribution >= 4 is 5.69 Å². The van der Waals surface area contributed by atoms with Gasteiger partial charge in [0.2, 0.25) is 5.88 Å². The Kier molecular flexibility index (Phi) is 5.09. The molecule has 0 saturated heterocycles. The van der Waals surface area contributed by atoms with Gasteiger partial charge in [0.15, 0.2) is 0 Å². The molecule has 0 aliphatic rings. The molecule has 0 fully saturated rings. The molecule has 0 radical (unpaired) electrons. The summed E-state index contributed by atoms with van der Waals surface area (Å²) in [6, 6.07) is 4.43. The number of anilines is 1. The Morgan fingerprint density at radius 2 is 2.00 bits per heavy atom. The Morgan fingerprint density at radius 1 is 1.31 bits per heavy atom. The average Bonchev–Trinajstić information content (AvgIpc) is 2.27. The van der Waals surface area contributed by atoms with Gasteiger partial charge in [0.05, 0.1) is 11.8 Å². The van der Waals surface area contributed by atoms with Gasteiger partial charge < -0.3 is 10.1 Å². The first kappa shape index (κ1) is 12.8. The van der Waals surface area contributed by atoms with Crippen molar-refractivity contribution in [2.45, 2.75) is 52.7 Å². The van der Waals surface area contributed by atoms with Crippen LogP contribution in [0.5, 0.6) is 5.88 Å². The Bertz CT molecular complexity index is 309. The third-order valence-electron chi connectivity index (χ3n) is 2.46. The van der Waals surface area contributed by atoms with Crippen LogP contribution in [0.25, 0.3) is 0 Å². The van der Waals surface area contributed by atoms with Gasteiger partial charge in [0.1, 0.15) is 0 Å². The van der Waals surface area contributed by atoms with Gasteiger partial charge in [-0.3, -0.25) is 0 Å². The molecule has 0 unspecified atom stereocenters. The zero-order valence-corrected chi connectivity index (χ0v) is 10.7. The van der Waals surface area contributed by atoms with Crippen molar-refractivity contribution in [2.75, 3.05) is 5.32 Å². The van der Waals surface area contributed by atoms with Crippen molar-refractivity contribution in [3.63, 3.8) is 0 Å². The summed E-state index contributed by atoms with van der Waals surface area (Å²) >= 11 is 0. The summed E-state index contributed by atoms with van der Waals surface area (Å²) in [5.74, 6) is 0.699. The van der Waals surface area contributed by atoms with E-state index in [1.807, 2.05) is 26.0 Å². The summed E-state index contributed by atoms with van der Waals surface area (Å²) in [4.78, 5) is 4.26. The molecule has 1 rings (SSSR count). The van der Waals surface area contributed by atoms with Crippen LogP contribution in [0, 0.1) is 0 Å². The molecule has 0 saturated carbocycles. The molecule has 90 valence electrons. The van der Waals surface area contributed by atoms with E-state index in [1.54, 1.807) is 6.20 Å². The van der Waals surface area contributed by atoms with E-state index in [2.05, 4.69) is 24.1 Å². The molecule has 0 aromatic carbocycles. The van der Waals surface area contributed by atoms with E-state index in [4.69, 9.17) is 4.74 Å². The van der Waals surface area contributed by atoms with Crippen molar-refractivity contribution in [3.8, 4) is 5.88 Å². The fraction of sp³-hybridized carbons (Fsp3) is 0.615. The number of aromatic nitrogens is 1. The van der Waals surface area contributed by atoms with E-state index in [-0.39, 0.29) is 6.10 Å². The van der Waals surface area contributed by atoms with Gasteiger partial charge in [0.25, 0.3) is 0 Å². The minimum Gasteiger partial charge on any atom is -0.473 e. The highest BCUT2D eigenvalue weighted by Gasteiger charge is 2.09. The Hall–Kier alpha value is -1.25. The van der Waals surface area contributed by atoms with Crippen LogP contribution in [-0.2, 0) is 0 Å². The second-order valence-corrected chi connectivity index (χ2v) is 4.18. The van der Waals surface area contributed by atoms with E-state index in [9.17, 15) is 0 Å². The summed E-state index contributed by atoms with van der Waals surface area (Å²) in [5, 5.41) is 3.46. The molecule has 0 aliphatic heterocycles. The van der Waals surface area contributed by atoms with Crippen LogP contribution >= 0.6 is 0 Å². The van der Waals surface area contributed by atoms with Crippen molar-refractivity contribution in [1.82, 2.24) is 4.98 Å². The summed E-state index contributed by atoms with van der Waals surface area (Å²) in [6.45, 7) is 8.38. The van der Waals surface area contributed by atoms with Gasteiger partial charge in [-0.25, -0.2) is 4.98 Å². The predicted octanol–water partition coefficient (Wildman–Crippen LogP) is 3.47. The first-order valence-corrected chi connectivity index (χ1v) is 6.05. The summed E-state index contributed by atoms with van der Waals surface area (Å²) in [5.41, 5.74) is 0.991. The lowest BCUT2D eigenvalue weighted by atomic mass is 10.1. The van der Waals surface area contributed by atoms with Crippen LogP contribution < -0.4 is 10.1 Å². The number of rotatable bonds is 6. The zero-order valence-electron chi connectivity index (χ0n) is 10.7. The first-order chi connectivity index (χ1) is 7.67. The molecular weight excluding hydrogens is 200 g/mol. The molecule has 0 amide bonds. The zero-order chi connectivity index (χ0) is 12.0. The molecule has 3 nitrogen and oxygen atoms in total. The number of pyridine rings is 1. The van der Waals surface area contributed by atoms with E-state index in [0.29, 0.717) is 11.9 Å². The largest absolute Gasteiger partial charge is 0.473 e. The van der Waals surface area contributed by atoms with Gasteiger partial charge in [-0.05, 0) is 38.8 Å². The lowest BCUT2D eigenvalue weighted by Crippen LogP contribution is -2.18. The smallest absolute Gasteiger partial charge is 0.237 e. The topological polar surface area (TPSA) is 34.2 Å². The van der Waals surface area contributed by atoms with Crippen molar-refractivity contribution in [3.05, 3.63) is 18.3 Å². The number of hydrogen-bond acceptors (Lipinski definition) is 3. The van der Waals surface area contributed by atoms with Gasteiger partial charge in [0, 0.05) is 12.2 Å². The maximum absolute atomic E-state index is 5.66. The monoisotopic (exact) mass is 222 g/mol. The molecule has 1 aromatic rings. The number of hydrogen-bond donors (Lipinski definition) is 1. The third kappa shape index (κ3) is 3.72. The van der Waals surface area contributed by atoms with Gasteiger partial charge in [-0.15, -0.1) is 0 Å². The number of nitrogens with one attached hydrogen (secondary N) is 1. The second kappa shape index (κ2) is 6.36. The normalized spacial score (nSPS) is 10.9. The minimum absolute atomic E-state index is 0.150. The maximum atomic E-state index is 5.66. The standard InChI is InChI=1S/C13H22N2O/c1-5-11(6-2)15-12-8-7-9-14-13(12)16-10(3)4/h7-11,15H,5-6H2,1-4H3. The van der Waals surface area contributed by atoms with E-state index >= 15 is 0 Å². The molecule has 3 heteroatoms. The molecule has 1 N–H and O–H groups in total.